The van der Waals surface area contributed by atoms with Crippen LogP contribution in [0, 0.1) is 5.92 Å². The average molecular weight is 594 g/mol. The minimum atomic E-state index is -1.22. The van der Waals surface area contributed by atoms with Gasteiger partial charge in [0.2, 0.25) is 11.8 Å². The molecule has 0 aliphatic heterocycles. The van der Waals surface area contributed by atoms with E-state index < -0.39 is 30.0 Å². The van der Waals surface area contributed by atoms with Crippen molar-refractivity contribution in [3.63, 3.8) is 0 Å². The number of nitrogens with one attached hydrogen (secondary N) is 3. The molecule has 0 bridgehead atoms. The van der Waals surface area contributed by atoms with Crippen molar-refractivity contribution < 1.29 is 29.0 Å². The van der Waals surface area contributed by atoms with E-state index in [4.69, 9.17) is 9.47 Å². The molecule has 0 spiro atoms. The van der Waals surface area contributed by atoms with Crippen molar-refractivity contribution in [2.75, 3.05) is 26.9 Å². The molecule has 1 heterocycles. The second-order valence-electron chi connectivity index (χ2n) is 9.13. The minimum Gasteiger partial charge on any atom is -0.390 e. The van der Waals surface area contributed by atoms with E-state index >= 15 is 0 Å². The second kappa shape index (κ2) is 16.9. The van der Waals surface area contributed by atoms with Crippen LogP contribution in [-0.4, -0.2) is 72.9 Å². The van der Waals surface area contributed by atoms with Gasteiger partial charge in [0.05, 0.1) is 31.8 Å². The number of pyridine rings is 1. The Morgan fingerprint density at radius 3 is 2.45 bits per heavy atom. The third-order valence-electron chi connectivity index (χ3n) is 5.65. The molecule has 208 valence electrons. The highest BCUT2D eigenvalue weighted by molar-refractivity contribution is 9.10. The summed E-state index contributed by atoms with van der Waals surface area (Å²) in [6.07, 6.45) is 0.688. The summed E-state index contributed by atoms with van der Waals surface area (Å²) in [5.74, 6) is -1.60. The highest BCUT2D eigenvalue weighted by Crippen LogP contribution is 2.12. The molecule has 4 N–H and O–H groups in total. The van der Waals surface area contributed by atoms with E-state index in [0.29, 0.717) is 19.6 Å². The lowest BCUT2D eigenvalue weighted by Gasteiger charge is -2.28. The summed E-state index contributed by atoms with van der Waals surface area (Å²) in [5, 5.41) is 19.1. The fraction of sp³-hybridized carbons (Fsp3) is 0.481. The predicted octanol–water partition coefficient (Wildman–Crippen LogP) is 2.20. The van der Waals surface area contributed by atoms with Crippen molar-refractivity contribution in [3.8, 4) is 0 Å². The van der Waals surface area contributed by atoms with Crippen molar-refractivity contribution >= 4 is 33.7 Å². The van der Waals surface area contributed by atoms with Crippen molar-refractivity contribution in [3.05, 3.63) is 64.4 Å². The molecule has 1 aromatic carbocycles. The quantitative estimate of drug-likeness (QED) is 0.219. The lowest BCUT2D eigenvalue weighted by atomic mass is 10.0. The fourth-order valence-corrected chi connectivity index (χ4v) is 3.77. The Kier molecular flexibility index (Phi) is 13.9. The Morgan fingerprint density at radius 1 is 1.08 bits per heavy atom. The molecule has 2 rings (SSSR count). The number of halogens is 1. The largest absolute Gasteiger partial charge is 0.390 e. The van der Waals surface area contributed by atoms with Gasteiger partial charge >= 0.3 is 0 Å². The fourth-order valence-electron chi connectivity index (χ4n) is 3.50. The highest BCUT2D eigenvalue weighted by atomic mass is 79.9. The average Bonchev–Trinajstić information content (AvgIpc) is 2.90. The number of ether oxygens (including phenoxy) is 2. The molecule has 3 atom stereocenters. The van der Waals surface area contributed by atoms with E-state index in [1.807, 2.05) is 24.3 Å². The van der Waals surface area contributed by atoms with Gasteiger partial charge in [-0.05, 0) is 42.2 Å². The highest BCUT2D eigenvalue weighted by Gasteiger charge is 2.30. The van der Waals surface area contributed by atoms with Crippen molar-refractivity contribution in [2.24, 2.45) is 5.92 Å². The molecular formula is C27H37BrN4O6. The van der Waals surface area contributed by atoms with E-state index in [-0.39, 0.29) is 37.2 Å². The van der Waals surface area contributed by atoms with Crippen LogP contribution in [-0.2, 0) is 25.7 Å². The Balaban J connectivity index is 2.06. The van der Waals surface area contributed by atoms with Crippen molar-refractivity contribution in [1.29, 1.82) is 0 Å². The van der Waals surface area contributed by atoms with Crippen LogP contribution in [0.4, 0.5) is 0 Å². The van der Waals surface area contributed by atoms with Crippen LogP contribution < -0.4 is 16.0 Å². The van der Waals surface area contributed by atoms with Crippen LogP contribution in [0.3, 0.4) is 0 Å². The number of aliphatic hydroxyl groups excluding tert-OH is 1. The molecule has 0 aliphatic carbocycles. The standard InChI is InChI=1S/C27H37BrN4O6/c1-18(2)25(32-26(35)21-7-4-5-12-29-21)27(36)31-22(17-38-16-19-8-10-20(28)11-9-19)23(33)15-24(34)30-13-6-14-37-3/h4-5,7-12,18,22-23,25,33H,6,13-17H2,1-3H3,(H,30,34)(H,31,36)(H,32,35)/t22-,23-,25-/m0/s1. The van der Waals surface area contributed by atoms with Crippen molar-refractivity contribution in [2.45, 2.75) is 51.5 Å². The number of methoxy groups -OCH3 is 1. The zero-order valence-electron chi connectivity index (χ0n) is 22.0. The molecule has 2 aromatic rings. The van der Waals surface area contributed by atoms with Gasteiger partial charge in [-0.1, -0.05) is 48.0 Å². The molecule has 10 nitrogen and oxygen atoms in total. The van der Waals surface area contributed by atoms with Gasteiger partial charge in [0.1, 0.15) is 11.7 Å². The number of aromatic nitrogens is 1. The molecule has 0 saturated carbocycles. The smallest absolute Gasteiger partial charge is 0.270 e. The molecule has 1 aromatic heterocycles. The molecule has 0 fully saturated rings. The first-order valence-corrected chi connectivity index (χ1v) is 13.3. The summed E-state index contributed by atoms with van der Waals surface area (Å²) < 4.78 is 11.7. The lowest BCUT2D eigenvalue weighted by Crippen LogP contribution is -2.56. The van der Waals surface area contributed by atoms with Gasteiger partial charge in [-0.25, -0.2) is 0 Å². The third-order valence-corrected chi connectivity index (χ3v) is 6.18. The van der Waals surface area contributed by atoms with Gasteiger partial charge in [-0.15, -0.1) is 0 Å². The van der Waals surface area contributed by atoms with Gasteiger partial charge in [-0.2, -0.15) is 0 Å². The van der Waals surface area contributed by atoms with Gasteiger partial charge in [-0.3, -0.25) is 19.4 Å². The maximum atomic E-state index is 13.2. The molecule has 0 unspecified atom stereocenters. The van der Waals surface area contributed by atoms with Crippen LogP contribution in [0.1, 0.15) is 42.7 Å². The number of amides is 3. The van der Waals surface area contributed by atoms with Crippen LogP contribution in [0.5, 0.6) is 0 Å². The molecule has 0 saturated heterocycles. The van der Waals surface area contributed by atoms with Gasteiger partial charge < -0.3 is 30.5 Å². The number of benzene rings is 1. The first-order valence-electron chi connectivity index (χ1n) is 12.5. The summed E-state index contributed by atoms with van der Waals surface area (Å²) in [7, 11) is 1.58. The van der Waals surface area contributed by atoms with Crippen LogP contribution in [0.2, 0.25) is 0 Å². The maximum Gasteiger partial charge on any atom is 0.270 e. The lowest BCUT2D eigenvalue weighted by molar-refractivity contribution is -0.129. The SMILES string of the molecule is COCCCNC(=O)C[C@H](O)[C@H](COCc1ccc(Br)cc1)NC(=O)[C@@H](NC(=O)c1ccccn1)C(C)C. The predicted molar refractivity (Wildman–Crippen MR) is 146 cm³/mol. The number of hydrogen-bond acceptors (Lipinski definition) is 7. The number of carbonyl (C=O) groups is 3. The number of carbonyl (C=O) groups excluding carboxylic acids is 3. The Bertz CT molecular complexity index is 1010. The summed E-state index contributed by atoms with van der Waals surface area (Å²) in [6.45, 7) is 4.72. The maximum absolute atomic E-state index is 13.2. The minimum absolute atomic E-state index is 0.0427. The van der Waals surface area contributed by atoms with Crippen LogP contribution in [0.15, 0.2) is 53.1 Å². The van der Waals surface area contributed by atoms with Gasteiger partial charge in [0.15, 0.2) is 0 Å². The number of hydrogen-bond donors (Lipinski definition) is 4. The Hall–Kier alpha value is -2.86. The summed E-state index contributed by atoms with van der Waals surface area (Å²) in [4.78, 5) is 42.2. The zero-order valence-corrected chi connectivity index (χ0v) is 23.6. The van der Waals surface area contributed by atoms with Crippen LogP contribution >= 0.6 is 15.9 Å². The van der Waals surface area contributed by atoms with Gasteiger partial charge in [0, 0.05) is 30.9 Å². The van der Waals surface area contributed by atoms with E-state index in [1.165, 1.54) is 6.20 Å². The first kappa shape index (κ1) is 31.4. The van der Waals surface area contributed by atoms with E-state index in [0.717, 1.165) is 10.0 Å². The summed E-state index contributed by atoms with van der Waals surface area (Å²) >= 11 is 3.39. The van der Waals surface area contributed by atoms with Gasteiger partial charge in [0.25, 0.3) is 5.91 Å². The number of aliphatic hydroxyl groups is 1. The molecule has 0 aliphatic rings. The monoisotopic (exact) mass is 592 g/mol. The molecular weight excluding hydrogens is 556 g/mol. The molecule has 3 amide bonds. The first-order chi connectivity index (χ1) is 18.2. The van der Waals surface area contributed by atoms with E-state index in [2.05, 4.69) is 36.9 Å². The Morgan fingerprint density at radius 2 is 1.82 bits per heavy atom. The molecule has 38 heavy (non-hydrogen) atoms. The Labute approximate surface area is 232 Å². The summed E-state index contributed by atoms with van der Waals surface area (Å²) in [5.41, 5.74) is 1.09. The van der Waals surface area contributed by atoms with E-state index in [9.17, 15) is 19.5 Å². The molecule has 11 heteroatoms. The van der Waals surface area contributed by atoms with Crippen molar-refractivity contribution in [1.82, 2.24) is 20.9 Å². The third kappa shape index (κ3) is 11.3. The summed E-state index contributed by atoms with van der Waals surface area (Å²) in [6, 6.07) is 10.7. The second-order valence-corrected chi connectivity index (χ2v) is 10.1. The zero-order chi connectivity index (χ0) is 27.9. The topological polar surface area (TPSA) is 139 Å². The van der Waals surface area contributed by atoms with E-state index in [1.54, 1.807) is 39.2 Å². The number of rotatable bonds is 16. The number of nitrogens with zero attached hydrogens (tertiary/aromatic N) is 1. The normalized spacial score (nSPS) is 13.4. The van der Waals surface area contributed by atoms with Crippen LogP contribution in [0.25, 0.3) is 0 Å². The molecule has 0 radical (unpaired) electrons.